The van der Waals surface area contributed by atoms with Gasteiger partial charge in [0.2, 0.25) is 0 Å². The Morgan fingerprint density at radius 3 is 1.62 bits per heavy atom. The third-order valence-corrected chi connectivity index (χ3v) is 8.11. The fourth-order valence-corrected chi connectivity index (χ4v) is 5.12. The standard InChI is InChI=1S/C32H66NO6P/c1-6-7-8-9-10-11-12-13-14-15-16-17-18-19-20-21-22-23-24-25-26-28-37-30-32(36-5)31-39-40(34,35)38-29-27-33(2,3)4/h15-16,32H,6-14,17-31H2,1-5H3/p+1/t32-/m1/s1. The minimum absolute atomic E-state index is 0.0375. The van der Waals surface area contributed by atoms with Crippen LogP contribution in [0.3, 0.4) is 0 Å². The van der Waals surface area contributed by atoms with Gasteiger partial charge in [0.05, 0.1) is 34.4 Å². The van der Waals surface area contributed by atoms with Gasteiger partial charge in [-0.15, -0.1) is 0 Å². The maximum absolute atomic E-state index is 12.0. The van der Waals surface area contributed by atoms with Crippen molar-refractivity contribution in [2.24, 2.45) is 0 Å². The first-order valence-electron chi connectivity index (χ1n) is 16.4. The zero-order valence-corrected chi connectivity index (χ0v) is 28.0. The number of rotatable bonds is 31. The van der Waals surface area contributed by atoms with Crippen LogP contribution in [0.15, 0.2) is 12.2 Å². The quantitative estimate of drug-likeness (QED) is 0.0375. The fraction of sp³-hybridized carbons (Fsp3) is 0.938. The van der Waals surface area contributed by atoms with Gasteiger partial charge < -0.3 is 18.9 Å². The molecule has 7 nitrogen and oxygen atoms in total. The van der Waals surface area contributed by atoms with Crippen LogP contribution >= 0.6 is 7.82 Å². The number of allylic oxidation sites excluding steroid dienone is 2. The Morgan fingerprint density at radius 1 is 0.675 bits per heavy atom. The predicted octanol–water partition coefficient (Wildman–Crippen LogP) is 8.85. The molecule has 1 N–H and O–H groups in total. The Hall–Kier alpha value is -0.270. The number of phosphoric ester groups is 1. The lowest BCUT2D eigenvalue weighted by Gasteiger charge is -2.24. The Morgan fingerprint density at radius 2 is 1.15 bits per heavy atom. The number of nitrogens with zero attached hydrogens (tertiary/aromatic N) is 1. The molecule has 0 bridgehead atoms. The number of likely N-dealkylation sites (N-methyl/N-ethyl adjacent to an activating group) is 1. The van der Waals surface area contributed by atoms with E-state index >= 15 is 0 Å². The van der Waals surface area contributed by atoms with E-state index in [1.165, 1.54) is 116 Å². The van der Waals surface area contributed by atoms with Crippen LogP contribution in [-0.4, -0.2) is 76.7 Å². The van der Waals surface area contributed by atoms with Crippen molar-refractivity contribution in [3.63, 3.8) is 0 Å². The average Bonchev–Trinajstić information content (AvgIpc) is 2.90. The van der Waals surface area contributed by atoms with E-state index in [-0.39, 0.29) is 13.2 Å². The van der Waals surface area contributed by atoms with Crippen molar-refractivity contribution < 1.29 is 32.5 Å². The number of unbranched alkanes of at least 4 members (excludes halogenated alkanes) is 17. The van der Waals surface area contributed by atoms with E-state index < -0.39 is 13.9 Å². The molecule has 0 rings (SSSR count). The molecule has 0 saturated carbocycles. The summed E-state index contributed by atoms with van der Waals surface area (Å²) in [5.41, 5.74) is 0. The molecule has 0 aromatic rings. The molecule has 0 heterocycles. The highest BCUT2D eigenvalue weighted by Crippen LogP contribution is 2.43. The van der Waals surface area contributed by atoms with Crippen LogP contribution in [0.25, 0.3) is 0 Å². The van der Waals surface area contributed by atoms with Crippen molar-refractivity contribution in [1.29, 1.82) is 0 Å². The topological polar surface area (TPSA) is 74.2 Å². The van der Waals surface area contributed by atoms with Crippen LogP contribution in [0, 0.1) is 0 Å². The monoisotopic (exact) mass is 592 g/mol. The van der Waals surface area contributed by atoms with E-state index in [0.29, 0.717) is 24.2 Å². The van der Waals surface area contributed by atoms with Gasteiger partial charge in [-0.05, 0) is 32.1 Å². The number of methoxy groups -OCH3 is 1. The van der Waals surface area contributed by atoms with Gasteiger partial charge in [0, 0.05) is 13.7 Å². The summed E-state index contributed by atoms with van der Waals surface area (Å²) in [4.78, 5) is 9.82. The molecule has 40 heavy (non-hydrogen) atoms. The zero-order valence-electron chi connectivity index (χ0n) is 27.1. The third kappa shape index (κ3) is 30.7. The molecular formula is C32H67NO6P+. The second-order valence-electron chi connectivity index (χ2n) is 12.2. The lowest BCUT2D eigenvalue weighted by Crippen LogP contribution is -2.37. The largest absolute Gasteiger partial charge is 0.472 e. The van der Waals surface area contributed by atoms with Crippen molar-refractivity contribution in [3.8, 4) is 0 Å². The van der Waals surface area contributed by atoms with E-state index in [4.69, 9.17) is 18.5 Å². The van der Waals surface area contributed by atoms with E-state index in [1.807, 2.05) is 21.1 Å². The molecule has 8 heteroatoms. The van der Waals surface area contributed by atoms with Crippen LogP contribution < -0.4 is 0 Å². The van der Waals surface area contributed by atoms with E-state index in [9.17, 15) is 9.46 Å². The molecule has 0 fully saturated rings. The number of quaternary nitrogens is 1. The smallest absolute Gasteiger partial charge is 0.379 e. The molecule has 240 valence electrons. The average molecular weight is 593 g/mol. The van der Waals surface area contributed by atoms with Gasteiger partial charge in [0.25, 0.3) is 0 Å². The molecule has 0 aliphatic rings. The Kier molecular flexibility index (Phi) is 27.4. The molecule has 0 aliphatic heterocycles. The molecule has 0 saturated heterocycles. The van der Waals surface area contributed by atoms with E-state index in [1.54, 1.807) is 7.11 Å². The van der Waals surface area contributed by atoms with Crippen molar-refractivity contribution in [2.45, 2.75) is 135 Å². The van der Waals surface area contributed by atoms with Crippen LogP contribution in [0.5, 0.6) is 0 Å². The van der Waals surface area contributed by atoms with Crippen LogP contribution in [0.2, 0.25) is 0 Å². The van der Waals surface area contributed by atoms with Crippen molar-refractivity contribution in [1.82, 2.24) is 0 Å². The molecule has 0 aromatic carbocycles. The van der Waals surface area contributed by atoms with Crippen LogP contribution in [-0.2, 0) is 23.1 Å². The van der Waals surface area contributed by atoms with Crippen LogP contribution in [0.4, 0.5) is 0 Å². The number of phosphoric acid groups is 1. The van der Waals surface area contributed by atoms with Gasteiger partial charge in [0.15, 0.2) is 0 Å². The summed E-state index contributed by atoms with van der Waals surface area (Å²) in [6, 6.07) is 0. The lowest BCUT2D eigenvalue weighted by atomic mass is 10.1. The highest BCUT2D eigenvalue weighted by atomic mass is 31.2. The van der Waals surface area contributed by atoms with E-state index in [0.717, 1.165) is 6.42 Å². The normalized spacial score (nSPS) is 14.7. The highest BCUT2D eigenvalue weighted by molar-refractivity contribution is 7.47. The zero-order chi connectivity index (χ0) is 29.8. The first kappa shape index (κ1) is 39.7. The SMILES string of the molecule is CCCCCCCCCCC=CCCCCCCCCCCCOC[C@H](COP(=O)(O)OCC[N+](C)(C)C)OC. The lowest BCUT2D eigenvalue weighted by molar-refractivity contribution is -0.870. The molecule has 0 aliphatic carbocycles. The summed E-state index contributed by atoms with van der Waals surface area (Å²) in [5, 5.41) is 0. The highest BCUT2D eigenvalue weighted by Gasteiger charge is 2.24. The molecule has 0 amide bonds. The second-order valence-corrected chi connectivity index (χ2v) is 13.7. The van der Waals surface area contributed by atoms with Gasteiger partial charge in [-0.2, -0.15) is 0 Å². The Labute approximate surface area is 248 Å². The minimum Gasteiger partial charge on any atom is -0.379 e. The fourth-order valence-electron chi connectivity index (χ4n) is 4.38. The van der Waals surface area contributed by atoms with Gasteiger partial charge >= 0.3 is 7.82 Å². The van der Waals surface area contributed by atoms with Gasteiger partial charge in [-0.1, -0.05) is 109 Å². The summed E-state index contributed by atoms with van der Waals surface area (Å²) in [5.74, 6) is 0. The summed E-state index contributed by atoms with van der Waals surface area (Å²) in [6.45, 7) is 4.02. The molecule has 2 atom stereocenters. The van der Waals surface area contributed by atoms with Crippen LogP contribution in [0.1, 0.15) is 129 Å². The first-order valence-corrected chi connectivity index (χ1v) is 17.9. The molecular weight excluding hydrogens is 525 g/mol. The van der Waals surface area contributed by atoms with Gasteiger partial charge in [-0.25, -0.2) is 4.57 Å². The molecule has 0 radical (unpaired) electrons. The first-order chi connectivity index (χ1) is 19.2. The summed E-state index contributed by atoms with van der Waals surface area (Å²) in [6.07, 6.45) is 29.6. The summed E-state index contributed by atoms with van der Waals surface area (Å²) >= 11 is 0. The van der Waals surface area contributed by atoms with Crippen molar-refractivity contribution in [3.05, 3.63) is 12.2 Å². The van der Waals surface area contributed by atoms with Crippen molar-refractivity contribution in [2.75, 3.05) is 61.2 Å². The Bertz CT molecular complexity index is 611. The van der Waals surface area contributed by atoms with Crippen molar-refractivity contribution >= 4 is 7.82 Å². The second kappa shape index (κ2) is 27.6. The number of hydrogen-bond acceptors (Lipinski definition) is 5. The summed E-state index contributed by atoms with van der Waals surface area (Å²) < 4.78 is 33.8. The predicted molar refractivity (Wildman–Crippen MR) is 169 cm³/mol. The third-order valence-electron chi connectivity index (χ3n) is 7.13. The minimum atomic E-state index is -4.08. The maximum Gasteiger partial charge on any atom is 0.472 e. The van der Waals surface area contributed by atoms with E-state index in [2.05, 4.69) is 19.1 Å². The number of ether oxygens (including phenoxy) is 2. The maximum atomic E-state index is 12.0. The molecule has 1 unspecified atom stereocenters. The summed E-state index contributed by atoms with van der Waals surface area (Å²) in [7, 11) is 3.44. The molecule has 0 aromatic heterocycles. The van der Waals surface area contributed by atoms with Gasteiger partial charge in [-0.3, -0.25) is 9.05 Å². The molecule has 0 spiro atoms. The van der Waals surface area contributed by atoms with Gasteiger partial charge in [0.1, 0.15) is 19.3 Å². The number of hydrogen-bond donors (Lipinski definition) is 1. The Balaban J connectivity index is 3.45.